The number of hydrogen-bond acceptors (Lipinski definition) is 5. The minimum atomic E-state index is -0.142. The molecule has 396 valence electrons. The molecule has 0 fully saturated rings. The van der Waals surface area contributed by atoms with E-state index in [2.05, 4.69) is 279 Å². The number of nitrogens with zero attached hydrogens (tertiary/aromatic N) is 5. The van der Waals surface area contributed by atoms with Crippen LogP contribution in [0.5, 0.6) is 11.5 Å². The van der Waals surface area contributed by atoms with Gasteiger partial charge in [-0.05, 0) is 138 Å². The minimum absolute atomic E-state index is 0.0248. The van der Waals surface area contributed by atoms with Gasteiger partial charge in [0.15, 0.2) is 0 Å². The van der Waals surface area contributed by atoms with Crippen LogP contribution in [-0.4, -0.2) is 21.2 Å². The van der Waals surface area contributed by atoms with Gasteiger partial charge in [-0.1, -0.05) is 185 Å². The second-order valence-electron chi connectivity index (χ2n) is 27.9. The number of aromatic nitrogens is 3. The zero-order valence-electron chi connectivity index (χ0n) is 49.3. The highest BCUT2D eigenvalue weighted by molar-refractivity contribution is 6.09. The van der Waals surface area contributed by atoms with E-state index < -0.39 is 0 Å². The second kappa shape index (κ2) is 18.8. The van der Waals surface area contributed by atoms with Gasteiger partial charge in [0, 0.05) is 52.1 Å². The van der Waals surface area contributed by atoms with Gasteiger partial charge >= 0.3 is 0 Å². The molecule has 0 amide bonds. The third kappa shape index (κ3) is 10.4. The molecule has 0 bridgehead atoms. The molecule has 0 aliphatic carbocycles. The molecule has 4 heterocycles. The lowest BCUT2D eigenvalue weighted by Gasteiger charge is -2.32. The molecule has 3 aromatic heterocycles. The standard InChI is InChI=1S/C71H81N5O/c1-66(2,3)47-28-31-73-64(40-47)76-60-25-20-19-24-56(60)57-27-26-55(42-62(57)76)77-54-23-21-22-53(41-54)74-44-75(63-43-72-30-29-61(63)74)65-58(45-32-48(67(4,5)6)36-49(33-45)68(7,8)9)38-52(71(16,17)18)39-59(65)46-34-50(69(10,11)12)37-51(35-46)70(13,14)15/h19-43H,44H2,1-18H3. The Kier molecular flexibility index (Phi) is 13.0. The smallest absolute Gasteiger partial charge is 0.137 e. The summed E-state index contributed by atoms with van der Waals surface area (Å²) in [5.41, 5.74) is 18.7. The Labute approximate surface area is 460 Å². The average Bonchev–Trinajstić information content (AvgIpc) is 4.12. The van der Waals surface area contributed by atoms with Gasteiger partial charge in [0.1, 0.15) is 24.0 Å². The highest BCUT2D eigenvalue weighted by Crippen LogP contribution is 2.53. The molecule has 0 saturated heterocycles. The predicted molar refractivity (Wildman–Crippen MR) is 328 cm³/mol. The molecule has 10 rings (SSSR count). The van der Waals surface area contributed by atoms with Crippen molar-refractivity contribution in [1.82, 2.24) is 14.5 Å². The number of benzene rings is 6. The van der Waals surface area contributed by atoms with Gasteiger partial charge in [0.25, 0.3) is 0 Å². The predicted octanol–water partition coefficient (Wildman–Crippen LogP) is 19.7. The maximum absolute atomic E-state index is 6.92. The third-order valence-corrected chi connectivity index (χ3v) is 15.7. The van der Waals surface area contributed by atoms with Crippen LogP contribution >= 0.6 is 0 Å². The SMILES string of the molecule is CC(C)(C)c1cc(-c2cc(C(C)(C)C)cc(-c3cc(C(C)(C)C)cc(C(C)(C)C)c3)c2N2CN(c3cccc(Oc4ccc5c6ccccc6n(-c6cc(C(C)(C)C)ccn6)c5c4)c3)c3ccncc32)cc(C(C)(C)C)c1. The first-order chi connectivity index (χ1) is 35.9. The molecule has 77 heavy (non-hydrogen) atoms. The number of rotatable bonds is 7. The Balaban J connectivity index is 1.14. The molecule has 1 aliphatic rings. The van der Waals surface area contributed by atoms with Crippen molar-refractivity contribution in [2.24, 2.45) is 0 Å². The van der Waals surface area contributed by atoms with Crippen LogP contribution in [0.1, 0.15) is 158 Å². The first-order valence-corrected chi connectivity index (χ1v) is 27.7. The summed E-state index contributed by atoms with van der Waals surface area (Å²) in [6.07, 6.45) is 5.91. The number of anilines is 4. The lowest BCUT2D eigenvalue weighted by Crippen LogP contribution is -2.25. The van der Waals surface area contributed by atoms with Crippen LogP contribution in [0.25, 0.3) is 49.9 Å². The number of para-hydroxylation sites is 1. The van der Waals surface area contributed by atoms with E-state index in [4.69, 9.17) is 14.7 Å². The van der Waals surface area contributed by atoms with Crippen molar-refractivity contribution < 1.29 is 4.74 Å². The van der Waals surface area contributed by atoms with Gasteiger partial charge in [-0.25, -0.2) is 4.98 Å². The molecule has 0 atom stereocenters. The quantitative estimate of drug-likeness (QED) is 0.159. The fraction of sp³-hybridized carbons (Fsp3) is 0.352. The zero-order chi connectivity index (χ0) is 55.4. The van der Waals surface area contributed by atoms with Crippen molar-refractivity contribution in [1.29, 1.82) is 0 Å². The minimum Gasteiger partial charge on any atom is -0.457 e. The van der Waals surface area contributed by atoms with Crippen LogP contribution in [0.4, 0.5) is 22.7 Å². The Morgan fingerprint density at radius 3 is 1.48 bits per heavy atom. The Hall–Kier alpha value is -7.18. The summed E-state index contributed by atoms with van der Waals surface area (Å²) in [5.74, 6) is 2.40. The molecule has 9 aromatic rings. The summed E-state index contributed by atoms with van der Waals surface area (Å²) in [7, 11) is 0. The van der Waals surface area contributed by atoms with Crippen molar-refractivity contribution in [2.45, 2.75) is 157 Å². The van der Waals surface area contributed by atoms with Crippen LogP contribution in [0.2, 0.25) is 0 Å². The van der Waals surface area contributed by atoms with Crippen LogP contribution in [-0.2, 0) is 32.5 Å². The molecule has 1 aliphatic heterocycles. The van der Waals surface area contributed by atoms with Gasteiger partial charge in [-0.3, -0.25) is 9.55 Å². The fourth-order valence-corrected chi connectivity index (χ4v) is 10.7. The first kappa shape index (κ1) is 53.2. The Morgan fingerprint density at radius 2 is 0.922 bits per heavy atom. The summed E-state index contributed by atoms with van der Waals surface area (Å²) < 4.78 is 9.19. The molecule has 6 nitrogen and oxygen atoms in total. The normalized spacial score (nSPS) is 13.7. The fourth-order valence-electron chi connectivity index (χ4n) is 10.7. The van der Waals surface area contributed by atoms with E-state index in [1.165, 1.54) is 66.7 Å². The van der Waals surface area contributed by atoms with E-state index in [0.717, 1.165) is 50.8 Å². The summed E-state index contributed by atoms with van der Waals surface area (Å²) in [4.78, 5) is 14.8. The molecule has 0 N–H and O–H groups in total. The van der Waals surface area contributed by atoms with Crippen molar-refractivity contribution >= 4 is 44.6 Å². The van der Waals surface area contributed by atoms with Crippen LogP contribution in [0.15, 0.2) is 152 Å². The highest BCUT2D eigenvalue weighted by atomic mass is 16.5. The topological polar surface area (TPSA) is 46.4 Å². The number of ether oxygens (including phenoxy) is 1. The second-order valence-corrected chi connectivity index (χ2v) is 27.9. The molecule has 0 spiro atoms. The van der Waals surface area contributed by atoms with E-state index >= 15 is 0 Å². The highest BCUT2D eigenvalue weighted by Gasteiger charge is 2.35. The van der Waals surface area contributed by atoms with Crippen LogP contribution in [0.3, 0.4) is 0 Å². The molecular weight excluding hydrogens is 939 g/mol. The molecule has 6 aromatic carbocycles. The van der Waals surface area contributed by atoms with Gasteiger partial charge in [0.05, 0.1) is 34.3 Å². The largest absolute Gasteiger partial charge is 0.457 e. The zero-order valence-corrected chi connectivity index (χ0v) is 49.3. The van der Waals surface area contributed by atoms with Crippen molar-refractivity contribution in [3.05, 3.63) is 185 Å². The van der Waals surface area contributed by atoms with Gasteiger partial charge < -0.3 is 14.5 Å². The van der Waals surface area contributed by atoms with Gasteiger partial charge in [-0.2, -0.15) is 0 Å². The number of pyridine rings is 2. The van der Waals surface area contributed by atoms with Crippen molar-refractivity contribution in [3.63, 3.8) is 0 Å². The number of hydrogen-bond donors (Lipinski definition) is 0. The molecule has 0 radical (unpaired) electrons. The summed E-state index contributed by atoms with van der Waals surface area (Å²) in [6, 6.07) is 49.8. The van der Waals surface area contributed by atoms with Crippen molar-refractivity contribution in [2.75, 3.05) is 16.5 Å². The number of fused-ring (bicyclic) bond motifs is 4. The monoisotopic (exact) mass is 1020 g/mol. The van der Waals surface area contributed by atoms with Gasteiger partial charge in [0.2, 0.25) is 0 Å². The lowest BCUT2D eigenvalue weighted by molar-refractivity contribution is 0.483. The third-order valence-electron chi connectivity index (χ3n) is 15.7. The Bertz CT molecular complexity index is 3560. The van der Waals surface area contributed by atoms with Gasteiger partial charge in [-0.15, -0.1) is 0 Å². The molecular formula is C71H81N5O. The maximum atomic E-state index is 6.92. The lowest BCUT2D eigenvalue weighted by atomic mass is 9.76. The van der Waals surface area contributed by atoms with E-state index in [1.807, 2.05) is 12.4 Å². The maximum Gasteiger partial charge on any atom is 0.137 e. The van der Waals surface area contributed by atoms with E-state index in [0.29, 0.717) is 6.67 Å². The summed E-state index contributed by atoms with van der Waals surface area (Å²) >= 11 is 0. The van der Waals surface area contributed by atoms with E-state index in [-0.39, 0.29) is 32.5 Å². The molecule has 0 unspecified atom stereocenters. The van der Waals surface area contributed by atoms with E-state index in [9.17, 15) is 0 Å². The first-order valence-electron chi connectivity index (χ1n) is 27.7. The summed E-state index contributed by atoms with van der Waals surface area (Å²) in [6.45, 7) is 42.4. The van der Waals surface area contributed by atoms with E-state index in [1.54, 1.807) is 0 Å². The average molecular weight is 1020 g/mol. The van der Waals surface area contributed by atoms with Crippen LogP contribution < -0.4 is 14.5 Å². The van der Waals surface area contributed by atoms with Crippen molar-refractivity contribution in [3.8, 4) is 39.6 Å². The Morgan fingerprint density at radius 1 is 0.403 bits per heavy atom. The summed E-state index contributed by atoms with van der Waals surface area (Å²) in [5, 5.41) is 2.33. The van der Waals surface area contributed by atoms with Crippen LogP contribution in [0, 0.1) is 0 Å². The molecule has 6 heteroatoms. The molecule has 0 saturated carbocycles.